The van der Waals surface area contributed by atoms with Crippen LogP contribution in [0.2, 0.25) is 0 Å². The van der Waals surface area contributed by atoms with Crippen molar-refractivity contribution in [3.63, 3.8) is 0 Å². The number of carbonyl (C=O) groups is 1. The smallest absolute Gasteiger partial charge is 0.309 e. The van der Waals surface area contributed by atoms with Gasteiger partial charge in [-0.1, -0.05) is 6.42 Å². The van der Waals surface area contributed by atoms with E-state index in [1.54, 1.807) is 0 Å². The zero-order chi connectivity index (χ0) is 10.1. The molecule has 4 N–H and O–H groups in total. The summed E-state index contributed by atoms with van der Waals surface area (Å²) in [5, 5.41) is 2.41. The fraction of sp³-hybridized carbons (Fsp3) is 0.857. The molecule has 1 rings (SSSR count). The fourth-order valence-electron chi connectivity index (χ4n) is 1.23. The molecule has 0 aromatic heterocycles. The van der Waals surface area contributed by atoms with Gasteiger partial charge in [-0.3, -0.25) is 0 Å². The summed E-state index contributed by atoms with van der Waals surface area (Å²) in [4.78, 5) is 23.2. The average molecular weight is 189 g/mol. The molecule has 0 radical (unpaired) electrons. The second-order valence-electron chi connectivity index (χ2n) is 2.84. The number of nitrogens with two attached hydrogens (primary N) is 2. The van der Waals surface area contributed by atoms with Crippen LogP contribution in [0.1, 0.15) is 32.1 Å². The van der Waals surface area contributed by atoms with Gasteiger partial charge in [0.15, 0.2) is 5.34 Å². The molecule has 1 aliphatic rings. The van der Waals surface area contributed by atoms with Gasteiger partial charge in [0, 0.05) is 0 Å². The van der Waals surface area contributed by atoms with Crippen molar-refractivity contribution in [1.29, 1.82) is 0 Å². The van der Waals surface area contributed by atoms with Gasteiger partial charge in [0.1, 0.15) is 6.10 Å². The molecule has 0 spiro atoms. The van der Waals surface area contributed by atoms with Gasteiger partial charge in [0.25, 0.3) is 0 Å². The van der Waals surface area contributed by atoms with Crippen LogP contribution in [0.4, 0.5) is 4.79 Å². The quantitative estimate of drug-likeness (QED) is 0.500. The molecule has 1 fully saturated rings. The van der Waals surface area contributed by atoms with E-state index >= 15 is 0 Å². The standard InChI is InChI=1S/C6H11NO2.CH4N2O/c8-7-9-6-4-2-1-3-5-6;2-1(3)4/h6H,1-5H2;(H4,2,3,4). The maximum absolute atomic E-state index is 9.60. The minimum absolute atomic E-state index is 0.122. The van der Waals surface area contributed by atoms with Gasteiger partial charge in [-0.25, -0.2) is 4.79 Å². The topological polar surface area (TPSA) is 108 Å². The van der Waals surface area contributed by atoms with Crippen LogP contribution >= 0.6 is 0 Å². The number of urea groups is 1. The van der Waals surface area contributed by atoms with E-state index in [0.29, 0.717) is 0 Å². The lowest BCUT2D eigenvalue weighted by Gasteiger charge is -2.16. The summed E-state index contributed by atoms with van der Waals surface area (Å²) in [5.41, 5.74) is 8.50. The Morgan fingerprint density at radius 3 is 2.08 bits per heavy atom. The minimum atomic E-state index is -0.833. The van der Waals surface area contributed by atoms with Gasteiger partial charge < -0.3 is 16.3 Å². The van der Waals surface area contributed by atoms with E-state index < -0.39 is 6.03 Å². The number of rotatable bonds is 2. The van der Waals surface area contributed by atoms with Crippen LogP contribution in [-0.2, 0) is 4.84 Å². The third-order valence-electron chi connectivity index (χ3n) is 1.74. The molecule has 0 atom stereocenters. The Hall–Kier alpha value is -1.33. The van der Waals surface area contributed by atoms with Gasteiger partial charge in [-0.2, -0.15) is 0 Å². The summed E-state index contributed by atoms with van der Waals surface area (Å²) < 4.78 is 0. The molecule has 0 unspecified atom stereocenters. The molecule has 0 heterocycles. The van der Waals surface area contributed by atoms with Crippen LogP contribution in [0, 0.1) is 4.91 Å². The van der Waals surface area contributed by atoms with Crippen LogP contribution < -0.4 is 11.5 Å². The van der Waals surface area contributed by atoms with E-state index in [0.717, 1.165) is 12.8 Å². The first-order chi connectivity index (χ1) is 6.16. The molecule has 2 amide bonds. The Kier molecular flexibility index (Phi) is 6.58. The van der Waals surface area contributed by atoms with E-state index in [1.165, 1.54) is 19.3 Å². The molecular formula is C7H15N3O3. The average Bonchev–Trinajstić information content (AvgIpc) is 2.06. The summed E-state index contributed by atoms with van der Waals surface area (Å²) >= 11 is 0. The van der Waals surface area contributed by atoms with E-state index in [-0.39, 0.29) is 6.10 Å². The first-order valence-corrected chi connectivity index (χ1v) is 4.20. The molecule has 6 nitrogen and oxygen atoms in total. The van der Waals surface area contributed by atoms with E-state index in [9.17, 15) is 4.91 Å². The first kappa shape index (κ1) is 11.7. The molecule has 1 aliphatic carbocycles. The van der Waals surface area contributed by atoms with E-state index in [1.807, 2.05) is 0 Å². The molecule has 6 heteroatoms. The second-order valence-corrected chi connectivity index (χ2v) is 2.84. The molecular weight excluding hydrogens is 174 g/mol. The highest BCUT2D eigenvalue weighted by Crippen LogP contribution is 2.19. The molecule has 76 valence electrons. The van der Waals surface area contributed by atoms with Crippen molar-refractivity contribution in [2.24, 2.45) is 16.8 Å². The van der Waals surface area contributed by atoms with Gasteiger partial charge in [-0.15, -0.1) is 4.91 Å². The van der Waals surface area contributed by atoms with Crippen molar-refractivity contribution in [2.45, 2.75) is 38.2 Å². The number of hydrogen-bond acceptors (Lipinski definition) is 4. The lowest BCUT2D eigenvalue weighted by molar-refractivity contribution is 0.0297. The monoisotopic (exact) mass is 189 g/mol. The van der Waals surface area contributed by atoms with Crippen LogP contribution in [0.25, 0.3) is 0 Å². The van der Waals surface area contributed by atoms with Crippen LogP contribution in [0.3, 0.4) is 0 Å². The van der Waals surface area contributed by atoms with Crippen molar-refractivity contribution in [2.75, 3.05) is 0 Å². The zero-order valence-electron chi connectivity index (χ0n) is 7.44. The normalized spacial score (nSPS) is 16.6. The van der Waals surface area contributed by atoms with Crippen LogP contribution in [0.5, 0.6) is 0 Å². The van der Waals surface area contributed by atoms with Crippen LogP contribution in [0.15, 0.2) is 5.34 Å². The molecule has 0 aliphatic heterocycles. The summed E-state index contributed by atoms with van der Waals surface area (Å²) in [6.07, 6.45) is 5.77. The molecule has 0 bridgehead atoms. The predicted molar refractivity (Wildman–Crippen MR) is 47.5 cm³/mol. The third kappa shape index (κ3) is 8.58. The predicted octanol–water partition coefficient (Wildman–Crippen LogP) is 1.04. The second kappa shape index (κ2) is 7.33. The highest BCUT2D eigenvalue weighted by atomic mass is 16.7. The fourth-order valence-corrected chi connectivity index (χ4v) is 1.23. The lowest BCUT2D eigenvalue weighted by Crippen LogP contribution is -2.18. The first-order valence-electron chi connectivity index (χ1n) is 4.20. The summed E-state index contributed by atoms with van der Waals surface area (Å²) in [6.45, 7) is 0. The van der Waals surface area contributed by atoms with E-state index in [4.69, 9.17) is 4.79 Å². The molecule has 0 aromatic rings. The number of amides is 2. The number of carbonyl (C=O) groups excluding carboxylic acids is 1. The lowest BCUT2D eigenvalue weighted by atomic mass is 9.98. The highest BCUT2D eigenvalue weighted by molar-refractivity contribution is 5.69. The maximum Gasteiger partial charge on any atom is 0.309 e. The Balaban J connectivity index is 0.000000310. The zero-order valence-corrected chi connectivity index (χ0v) is 7.44. The summed E-state index contributed by atoms with van der Waals surface area (Å²) in [6, 6.07) is -0.833. The Morgan fingerprint density at radius 2 is 1.69 bits per heavy atom. The highest BCUT2D eigenvalue weighted by Gasteiger charge is 2.13. The summed E-state index contributed by atoms with van der Waals surface area (Å²) in [5.74, 6) is 0. The Labute approximate surface area is 76.5 Å². The van der Waals surface area contributed by atoms with Gasteiger partial charge in [0.2, 0.25) is 0 Å². The van der Waals surface area contributed by atoms with Crippen molar-refractivity contribution in [3.05, 3.63) is 4.91 Å². The van der Waals surface area contributed by atoms with Crippen molar-refractivity contribution >= 4 is 6.03 Å². The SMILES string of the molecule is NC(N)=O.O=NOC1CCCCC1. The number of hydrogen-bond donors (Lipinski definition) is 2. The summed E-state index contributed by atoms with van der Waals surface area (Å²) in [7, 11) is 0. The van der Waals surface area contributed by atoms with Crippen molar-refractivity contribution < 1.29 is 9.63 Å². The van der Waals surface area contributed by atoms with Gasteiger partial charge in [-0.05, 0) is 25.7 Å². The maximum atomic E-state index is 9.60. The molecule has 0 saturated heterocycles. The number of primary amides is 2. The third-order valence-corrected chi connectivity index (χ3v) is 1.74. The Morgan fingerprint density at radius 1 is 1.23 bits per heavy atom. The van der Waals surface area contributed by atoms with Gasteiger partial charge in [0.05, 0.1) is 0 Å². The molecule has 13 heavy (non-hydrogen) atoms. The van der Waals surface area contributed by atoms with Gasteiger partial charge >= 0.3 is 6.03 Å². The molecule has 0 aromatic carbocycles. The Bertz CT molecular complexity index is 153. The van der Waals surface area contributed by atoms with Crippen molar-refractivity contribution in [1.82, 2.24) is 0 Å². The van der Waals surface area contributed by atoms with Crippen LogP contribution in [-0.4, -0.2) is 12.1 Å². The largest absolute Gasteiger partial charge is 0.361 e. The molecule has 1 saturated carbocycles. The van der Waals surface area contributed by atoms with Crippen molar-refractivity contribution in [3.8, 4) is 0 Å². The minimum Gasteiger partial charge on any atom is -0.361 e. The number of nitrogens with zero attached hydrogens (tertiary/aromatic N) is 1. The van der Waals surface area contributed by atoms with E-state index in [2.05, 4.69) is 21.6 Å².